The molecule has 2 aromatic rings. The highest BCUT2D eigenvalue weighted by atomic mass is 19.1. The molecule has 1 aromatic carbocycles. The highest BCUT2D eigenvalue weighted by Gasteiger charge is 2.51. The maximum atomic E-state index is 13.1. The molecule has 1 aliphatic heterocycles. The first-order valence-corrected chi connectivity index (χ1v) is 14.2. The summed E-state index contributed by atoms with van der Waals surface area (Å²) in [5.41, 5.74) is 5.22. The number of piperidine rings is 1. The average molecular weight is 507 g/mol. The zero-order valence-electron chi connectivity index (χ0n) is 22.6. The standard InChI is InChI=1S/C31H43FN4O/c1-35(21-23-9-11-26(32)12-10-23)16-5-3-4-6-17-36(2)22-24-18-25-19-29-28(13-14-30(37)34-29)31(20-24)27(25)8-7-15-33-31/h9-14,18,25,27,33H,3-8,15-17,19-22H2,1-2H3,(H,34,37). The van der Waals surface area contributed by atoms with Gasteiger partial charge in [0.25, 0.3) is 0 Å². The molecule has 0 saturated carbocycles. The Kier molecular flexibility index (Phi) is 8.28. The van der Waals surface area contributed by atoms with Gasteiger partial charge < -0.3 is 20.1 Å². The normalized spacial score (nSPS) is 24.6. The summed E-state index contributed by atoms with van der Waals surface area (Å²) >= 11 is 0. The number of halogens is 1. The fourth-order valence-electron chi connectivity index (χ4n) is 7.18. The van der Waals surface area contributed by atoms with E-state index in [0.29, 0.717) is 11.8 Å². The van der Waals surface area contributed by atoms with Crippen molar-refractivity contribution in [3.05, 3.63) is 81.0 Å². The molecule has 1 saturated heterocycles. The van der Waals surface area contributed by atoms with Crippen LogP contribution in [0.3, 0.4) is 0 Å². The van der Waals surface area contributed by atoms with Crippen molar-refractivity contribution < 1.29 is 4.39 Å². The molecule has 3 aliphatic rings. The highest BCUT2D eigenvalue weighted by Crippen LogP contribution is 2.52. The molecule has 1 aromatic heterocycles. The smallest absolute Gasteiger partial charge is 0.248 e. The van der Waals surface area contributed by atoms with Crippen LogP contribution in [0.25, 0.3) is 0 Å². The largest absolute Gasteiger partial charge is 0.326 e. The van der Waals surface area contributed by atoms with Crippen LogP contribution in [-0.2, 0) is 18.5 Å². The lowest BCUT2D eigenvalue weighted by molar-refractivity contribution is 0.0853. The molecule has 5 rings (SSSR count). The molecule has 6 heteroatoms. The Hall–Kier alpha value is -2.28. The predicted octanol–water partition coefficient (Wildman–Crippen LogP) is 4.84. The lowest BCUT2D eigenvalue weighted by atomic mass is 9.57. The Morgan fingerprint density at radius 2 is 1.70 bits per heavy atom. The van der Waals surface area contributed by atoms with Crippen LogP contribution in [0.4, 0.5) is 4.39 Å². The molecule has 3 unspecified atom stereocenters. The quantitative estimate of drug-likeness (QED) is 0.338. The summed E-state index contributed by atoms with van der Waals surface area (Å²) in [4.78, 5) is 20.0. The van der Waals surface area contributed by atoms with Gasteiger partial charge in [-0.3, -0.25) is 4.79 Å². The van der Waals surface area contributed by atoms with E-state index in [9.17, 15) is 9.18 Å². The van der Waals surface area contributed by atoms with Crippen molar-refractivity contribution in [1.29, 1.82) is 0 Å². The van der Waals surface area contributed by atoms with Crippen molar-refractivity contribution >= 4 is 0 Å². The fraction of sp³-hybridized carbons (Fsp3) is 0.581. The summed E-state index contributed by atoms with van der Waals surface area (Å²) in [6.07, 6.45) is 12.0. The van der Waals surface area contributed by atoms with Crippen LogP contribution in [0, 0.1) is 17.7 Å². The minimum atomic E-state index is -0.170. The van der Waals surface area contributed by atoms with E-state index in [1.54, 1.807) is 23.8 Å². The number of H-pyrrole nitrogens is 1. The van der Waals surface area contributed by atoms with Crippen molar-refractivity contribution in [1.82, 2.24) is 20.1 Å². The van der Waals surface area contributed by atoms with Crippen LogP contribution < -0.4 is 10.9 Å². The number of allylic oxidation sites excluding steroid dienone is 1. The molecule has 1 fully saturated rings. The first kappa shape index (κ1) is 26.3. The number of nitrogens with zero attached hydrogens (tertiary/aromatic N) is 2. The molecule has 2 N–H and O–H groups in total. The van der Waals surface area contributed by atoms with Gasteiger partial charge in [-0.2, -0.15) is 0 Å². The van der Waals surface area contributed by atoms with Crippen LogP contribution in [0.5, 0.6) is 0 Å². The molecule has 5 nitrogen and oxygen atoms in total. The number of hydrogen-bond donors (Lipinski definition) is 2. The first-order valence-electron chi connectivity index (χ1n) is 14.2. The lowest BCUT2D eigenvalue weighted by Gasteiger charge is -2.55. The zero-order chi connectivity index (χ0) is 25.8. The van der Waals surface area contributed by atoms with Gasteiger partial charge in [0.1, 0.15) is 5.82 Å². The van der Waals surface area contributed by atoms with E-state index in [1.165, 1.54) is 44.1 Å². The number of benzene rings is 1. The van der Waals surface area contributed by atoms with Crippen molar-refractivity contribution in [2.75, 3.05) is 40.3 Å². The molecule has 200 valence electrons. The van der Waals surface area contributed by atoms with Gasteiger partial charge in [0.15, 0.2) is 0 Å². The topological polar surface area (TPSA) is 51.4 Å². The van der Waals surface area contributed by atoms with Gasteiger partial charge in [-0.25, -0.2) is 4.39 Å². The maximum Gasteiger partial charge on any atom is 0.248 e. The van der Waals surface area contributed by atoms with Crippen molar-refractivity contribution in [2.24, 2.45) is 11.8 Å². The number of pyridine rings is 1. The second kappa shape index (κ2) is 11.6. The number of unbranched alkanes of at least 4 members (excludes halogenated alkanes) is 3. The summed E-state index contributed by atoms with van der Waals surface area (Å²) < 4.78 is 13.1. The molecular weight excluding hydrogens is 463 g/mol. The van der Waals surface area contributed by atoms with Crippen LogP contribution in [-0.4, -0.2) is 55.1 Å². The maximum absolute atomic E-state index is 13.1. The summed E-state index contributed by atoms with van der Waals surface area (Å²) in [5, 5.41) is 3.94. The number of aromatic amines is 1. The van der Waals surface area contributed by atoms with Crippen LogP contribution in [0.2, 0.25) is 0 Å². The Morgan fingerprint density at radius 3 is 2.46 bits per heavy atom. The summed E-state index contributed by atoms with van der Waals surface area (Å²) in [7, 11) is 4.41. The first-order chi connectivity index (χ1) is 17.9. The van der Waals surface area contributed by atoms with E-state index in [2.05, 4.69) is 46.3 Å². The predicted molar refractivity (Wildman–Crippen MR) is 148 cm³/mol. The van der Waals surface area contributed by atoms with E-state index in [-0.39, 0.29) is 16.9 Å². The number of nitrogens with one attached hydrogen (secondary N) is 2. The zero-order valence-corrected chi connectivity index (χ0v) is 22.6. The van der Waals surface area contributed by atoms with Crippen LogP contribution in [0.1, 0.15) is 61.8 Å². The van der Waals surface area contributed by atoms with Gasteiger partial charge in [0.2, 0.25) is 5.56 Å². The summed E-state index contributed by atoms with van der Waals surface area (Å²) in [6.45, 7) is 5.16. The molecule has 37 heavy (non-hydrogen) atoms. The molecular formula is C31H43FN4O. The fourth-order valence-corrected chi connectivity index (χ4v) is 7.18. The second-order valence-corrected chi connectivity index (χ2v) is 11.7. The number of rotatable bonds is 11. The Morgan fingerprint density at radius 1 is 0.973 bits per heavy atom. The molecule has 2 aliphatic carbocycles. The van der Waals surface area contributed by atoms with E-state index < -0.39 is 0 Å². The Balaban J connectivity index is 1.07. The summed E-state index contributed by atoms with van der Waals surface area (Å²) in [5.74, 6) is 0.980. The molecule has 2 heterocycles. The Labute approximate surface area is 221 Å². The average Bonchev–Trinajstić information content (AvgIpc) is 2.87. The van der Waals surface area contributed by atoms with Crippen molar-refractivity contribution in [3.63, 3.8) is 0 Å². The third-order valence-electron chi connectivity index (χ3n) is 8.83. The van der Waals surface area contributed by atoms with E-state index in [4.69, 9.17) is 0 Å². The number of hydrogen-bond acceptors (Lipinski definition) is 4. The molecule has 0 radical (unpaired) electrons. The van der Waals surface area contributed by atoms with Gasteiger partial charge in [-0.05, 0) is 113 Å². The molecule has 0 spiro atoms. The molecule has 3 atom stereocenters. The molecule has 0 amide bonds. The Bertz CT molecular complexity index is 1140. The number of fused-ring (bicyclic) bond motifs is 1. The van der Waals surface area contributed by atoms with E-state index >= 15 is 0 Å². The van der Waals surface area contributed by atoms with Gasteiger partial charge in [-0.1, -0.05) is 36.6 Å². The van der Waals surface area contributed by atoms with Gasteiger partial charge in [-0.15, -0.1) is 0 Å². The van der Waals surface area contributed by atoms with Gasteiger partial charge >= 0.3 is 0 Å². The van der Waals surface area contributed by atoms with Crippen LogP contribution in [0.15, 0.2) is 52.8 Å². The monoisotopic (exact) mass is 506 g/mol. The third kappa shape index (κ3) is 6.08. The number of likely N-dealkylation sites (N-methyl/N-ethyl adjacent to an activating group) is 1. The number of aromatic nitrogens is 1. The molecule has 2 bridgehead atoms. The lowest BCUT2D eigenvalue weighted by Crippen LogP contribution is -2.59. The van der Waals surface area contributed by atoms with E-state index in [0.717, 1.165) is 56.8 Å². The van der Waals surface area contributed by atoms with Crippen molar-refractivity contribution in [2.45, 2.75) is 63.5 Å². The highest BCUT2D eigenvalue weighted by molar-refractivity contribution is 5.40. The van der Waals surface area contributed by atoms with Crippen LogP contribution >= 0.6 is 0 Å². The SMILES string of the molecule is CN(CCCCCCN(C)Cc1ccc(F)cc1)CC1=CC2Cc3[nH]c(=O)ccc3C3(C1)NCCCC23. The van der Waals surface area contributed by atoms with Crippen molar-refractivity contribution in [3.8, 4) is 0 Å². The minimum Gasteiger partial charge on any atom is -0.326 e. The third-order valence-corrected chi connectivity index (χ3v) is 8.83. The summed E-state index contributed by atoms with van der Waals surface area (Å²) in [6, 6.07) is 10.6. The van der Waals surface area contributed by atoms with E-state index in [1.807, 2.05) is 12.1 Å². The minimum absolute atomic E-state index is 0.00837. The van der Waals surface area contributed by atoms with Gasteiger partial charge in [0, 0.05) is 24.8 Å². The van der Waals surface area contributed by atoms with Gasteiger partial charge in [0.05, 0.1) is 5.54 Å². The second-order valence-electron chi connectivity index (χ2n) is 11.7.